The van der Waals surface area contributed by atoms with Crippen LogP contribution in [0.5, 0.6) is 0 Å². The fourth-order valence-corrected chi connectivity index (χ4v) is 2.34. The first-order chi connectivity index (χ1) is 11.3. The molecular weight excluding hydrogens is 334 g/mol. The molecule has 0 aliphatic rings. The summed E-state index contributed by atoms with van der Waals surface area (Å²) < 4.78 is 41.2. The molecule has 0 radical (unpaired) electrons. The number of ether oxygens (including phenoxy) is 1. The average molecular weight is 347 g/mol. The van der Waals surface area contributed by atoms with E-state index in [-0.39, 0.29) is 22.8 Å². The molecule has 7 nitrogen and oxygen atoms in total. The van der Waals surface area contributed by atoms with Gasteiger partial charge in [0.05, 0.1) is 11.5 Å². The number of carbonyl (C=O) groups excluding carboxylic acids is 1. The summed E-state index contributed by atoms with van der Waals surface area (Å²) in [6.07, 6.45) is 1.26. The second-order valence-electron chi connectivity index (χ2n) is 4.59. The number of furan rings is 1. The van der Waals surface area contributed by atoms with Crippen molar-refractivity contribution in [1.29, 1.82) is 5.26 Å². The fraction of sp³-hybridized carbons (Fsp3) is 0.125. The van der Waals surface area contributed by atoms with Crippen LogP contribution in [0.3, 0.4) is 0 Å². The Hall–Kier alpha value is -2.89. The third-order valence-corrected chi connectivity index (χ3v) is 3.83. The number of hydrogen-bond donors (Lipinski definition) is 1. The summed E-state index contributed by atoms with van der Waals surface area (Å²) in [6.45, 7) is 1.79. The molecule has 1 aromatic heterocycles. The Kier molecular flexibility index (Phi) is 5.18. The van der Waals surface area contributed by atoms with Gasteiger partial charge in [0.1, 0.15) is 23.2 Å². The summed E-state index contributed by atoms with van der Waals surface area (Å²) in [5.41, 5.74) is 0.371. The lowest BCUT2D eigenvalue weighted by molar-refractivity contribution is -0.137. The van der Waals surface area contributed by atoms with E-state index in [1.54, 1.807) is 25.1 Å². The Labute approximate surface area is 138 Å². The van der Waals surface area contributed by atoms with Gasteiger partial charge in [0, 0.05) is 11.6 Å². The van der Waals surface area contributed by atoms with Crippen molar-refractivity contribution in [3.8, 4) is 17.4 Å². The first kappa shape index (κ1) is 17.5. The zero-order valence-corrected chi connectivity index (χ0v) is 13.4. The zero-order chi connectivity index (χ0) is 17.7. The van der Waals surface area contributed by atoms with Crippen molar-refractivity contribution in [2.24, 2.45) is 0 Å². The van der Waals surface area contributed by atoms with Crippen LogP contribution in [0, 0.1) is 11.3 Å². The topological polar surface area (TPSA) is 118 Å². The Morgan fingerprint density at radius 3 is 2.50 bits per heavy atom. The summed E-state index contributed by atoms with van der Waals surface area (Å²) >= 11 is 0. The van der Waals surface area contributed by atoms with Crippen LogP contribution in [0.1, 0.15) is 12.7 Å². The van der Waals surface area contributed by atoms with Crippen molar-refractivity contribution in [2.45, 2.75) is 11.8 Å². The maximum absolute atomic E-state index is 11.6. The lowest BCUT2D eigenvalue weighted by Gasteiger charge is -2.00. The molecule has 8 heteroatoms. The molecule has 0 unspecified atom stereocenters. The van der Waals surface area contributed by atoms with E-state index in [4.69, 9.17) is 19.0 Å². The minimum absolute atomic E-state index is 0.154. The van der Waals surface area contributed by atoms with Gasteiger partial charge in [-0.1, -0.05) is 0 Å². The van der Waals surface area contributed by atoms with Crippen molar-refractivity contribution < 1.29 is 26.9 Å². The molecule has 2 rings (SSSR count). The third kappa shape index (κ3) is 4.10. The number of rotatable bonds is 5. The lowest BCUT2D eigenvalue weighted by atomic mass is 10.2. The first-order valence-electron chi connectivity index (χ1n) is 6.82. The molecule has 124 valence electrons. The quantitative estimate of drug-likeness (QED) is 0.382. The van der Waals surface area contributed by atoms with Crippen molar-refractivity contribution >= 4 is 22.2 Å². The van der Waals surface area contributed by atoms with E-state index in [1.807, 2.05) is 0 Å². The predicted molar refractivity (Wildman–Crippen MR) is 84.2 cm³/mol. The van der Waals surface area contributed by atoms with E-state index >= 15 is 0 Å². The Bertz CT molecular complexity index is 916. The third-order valence-electron chi connectivity index (χ3n) is 2.97. The van der Waals surface area contributed by atoms with Crippen LogP contribution in [-0.2, 0) is 19.6 Å². The molecule has 0 amide bonds. The van der Waals surface area contributed by atoms with Gasteiger partial charge in [-0.25, -0.2) is 4.79 Å². The van der Waals surface area contributed by atoms with Gasteiger partial charge in [-0.2, -0.15) is 13.7 Å². The molecule has 2 aromatic rings. The molecule has 0 atom stereocenters. The summed E-state index contributed by atoms with van der Waals surface area (Å²) in [4.78, 5) is 11.3. The number of esters is 1. The van der Waals surface area contributed by atoms with Crippen LogP contribution in [0.4, 0.5) is 0 Å². The smallest absolute Gasteiger partial charge is 0.349 e. The van der Waals surface area contributed by atoms with Gasteiger partial charge in [-0.15, -0.1) is 0 Å². The van der Waals surface area contributed by atoms with Gasteiger partial charge in [-0.3, -0.25) is 4.55 Å². The standard InChI is InChI=1S/C16H13NO6S/c1-2-22-16(18)12(10-17)9-13-5-8-15(23-13)11-3-6-14(7-4-11)24(19,20)21/h3-9H,2H2,1H3,(H,19,20,21). The van der Waals surface area contributed by atoms with Gasteiger partial charge >= 0.3 is 5.97 Å². The molecule has 1 heterocycles. The van der Waals surface area contributed by atoms with Crippen LogP contribution in [0.2, 0.25) is 0 Å². The number of hydrogen-bond acceptors (Lipinski definition) is 6. The van der Waals surface area contributed by atoms with Gasteiger partial charge in [0.25, 0.3) is 10.1 Å². The predicted octanol–water partition coefficient (Wildman–Crippen LogP) is 2.66. The van der Waals surface area contributed by atoms with Crippen LogP contribution in [-0.4, -0.2) is 25.5 Å². The highest BCUT2D eigenvalue weighted by molar-refractivity contribution is 7.85. The Morgan fingerprint density at radius 1 is 1.29 bits per heavy atom. The summed E-state index contributed by atoms with van der Waals surface area (Å²) in [7, 11) is -4.26. The largest absolute Gasteiger partial charge is 0.462 e. The molecular formula is C16H13NO6S. The van der Waals surface area contributed by atoms with Crippen molar-refractivity contribution in [3.05, 3.63) is 47.7 Å². The zero-order valence-electron chi connectivity index (χ0n) is 12.6. The van der Waals surface area contributed by atoms with Crippen molar-refractivity contribution in [3.63, 3.8) is 0 Å². The fourth-order valence-electron chi connectivity index (χ4n) is 1.86. The van der Waals surface area contributed by atoms with E-state index in [2.05, 4.69) is 0 Å². The van der Waals surface area contributed by atoms with Crippen molar-refractivity contribution in [1.82, 2.24) is 0 Å². The SMILES string of the molecule is CCOC(=O)C(C#N)=Cc1ccc(-c2ccc(S(=O)(=O)O)cc2)o1. The Morgan fingerprint density at radius 2 is 1.96 bits per heavy atom. The highest BCUT2D eigenvalue weighted by atomic mass is 32.2. The van der Waals surface area contributed by atoms with Gasteiger partial charge < -0.3 is 9.15 Å². The van der Waals surface area contributed by atoms with Crippen LogP contribution in [0.15, 0.2) is 51.3 Å². The highest BCUT2D eigenvalue weighted by Crippen LogP contribution is 2.24. The number of nitrogens with zero attached hydrogens (tertiary/aromatic N) is 1. The maximum atomic E-state index is 11.6. The van der Waals surface area contributed by atoms with E-state index in [9.17, 15) is 13.2 Å². The van der Waals surface area contributed by atoms with Crippen molar-refractivity contribution in [2.75, 3.05) is 6.61 Å². The monoisotopic (exact) mass is 347 g/mol. The number of benzene rings is 1. The molecule has 0 spiro atoms. The molecule has 0 aliphatic heterocycles. The lowest BCUT2D eigenvalue weighted by Crippen LogP contribution is -2.05. The normalized spacial score (nSPS) is 11.8. The van der Waals surface area contributed by atoms with Gasteiger partial charge in [0.2, 0.25) is 0 Å². The van der Waals surface area contributed by atoms with Crippen LogP contribution >= 0.6 is 0 Å². The van der Waals surface area contributed by atoms with Gasteiger partial charge in [-0.05, 0) is 43.3 Å². The molecule has 0 saturated heterocycles. The van der Waals surface area contributed by atoms with E-state index in [0.29, 0.717) is 11.3 Å². The minimum Gasteiger partial charge on any atom is -0.462 e. The molecule has 0 aliphatic carbocycles. The minimum atomic E-state index is -4.26. The summed E-state index contributed by atoms with van der Waals surface area (Å²) in [5.74, 6) is -0.0619. The molecule has 0 bridgehead atoms. The number of carbonyl (C=O) groups is 1. The van der Waals surface area contributed by atoms with Crippen LogP contribution < -0.4 is 0 Å². The average Bonchev–Trinajstić information content (AvgIpc) is 3.00. The highest BCUT2D eigenvalue weighted by Gasteiger charge is 2.13. The molecule has 24 heavy (non-hydrogen) atoms. The van der Waals surface area contributed by atoms with Gasteiger partial charge in [0.15, 0.2) is 0 Å². The summed E-state index contributed by atoms with van der Waals surface area (Å²) in [5, 5.41) is 8.97. The second kappa shape index (κ2) is 7.12. The van der Waals surface area contributed by atoms with E-state index in [0.717, 1.165) is 0 Å². The van der Waals surface area contributed by atoms with Crippen LogP contribution in [0.25, 0.3) is 17.4 Å². The molecule has 1 aromatic carbocycles. The molecule has 0 fully saturated rings. The van der Waals surface area contributed by atoms with E-state index in [1.165, 1.54) is 30.3 Å². The molecule has 1 N–H and O–H groups in total. The summed E-state index contributed by atoms with van der Waals surface area (Å²) in [6, 6.07) is 10.3. The van der Waals surface area contributed by atoms with E-state index < -0.39 is 16.1 Å². The second-order valence-corrected chi connectivity index (χ2v) is 6.01. The maximum Gasteiger partial charge on any atom is 0.349 e. The first-order valence-corrected chi connectivity index (χ1v) is 8.26. The number of nitriles is 1. The molecule has 0 saturated carbocycles. The Balaban J connectivity index is 2.28.